The Balaban J connectivity index is 1.51. The van der Waals surface area contributed by atoms with Crippen molar-refractivity contribution in [2.45, 2.75) is 4.90 Å². The highest BCUT2D eigenvalue weighted by Gasteiger charge is 2.26. The second-order valence-corrected chi connectivity index (χ2v) is 8.55. The van der Waals surface area contributed by atoms with Gasteiger partial charge in [0, 0.05) is 13.1 Å². The third-order valence-electron chi connectivity index (χ3n) is 3.94. The van der Waals surface area contributed by atoms with Crippen molar-refractivity contribution in [3.05, 3.63) is 52.8 Å². The number of ether oxygens (including phenoxy) is 3. The molecule has 3 rings (SSSR count). The minimum atomic E-state index is -3.51. The van der Waals surface area contributed by atoms with E-state index in [2.05, 4.69) is 15.9 Å². The molecule has 0 N–H and O–H groups in total. The second-order valence-electron chi connectivity index (χ2n) is 5.76. The van der Waals surface area contributed by atoms with Crippen LogP contribution in [-0.4, -0.2) is 52.2 Å². The Morgan fingerprint density at radius 1 is 1.04 bits per heavy atom. The largest absolute Gasteiger partial charge is 0.490 e. The monoisotopic (exact) mass is 459 g/mol. The van der Waals surface area contributed by atoms with Gasteiger partial charge in [0.15, 0.2) is 0 Å². The van der Waals surface area contributed by atoms with Gasteiger partial charge in [0.05, 0.1) is 22.6 Å². The van der Waals surface area contributed by atoms with E-state index >= 15 is 0 Å². The van der Waals surface area contributed by atoms with E-state index in [4.69, 9.17) is 14.2 Å². The molecule has 1 aliphatic rings. The first kappa shape index (κ1) is 20.1. The molecule has 2 aromatic rings. The molecule has 0 bridgehead atoms. The molecule has 2 aromatic carbocycles. The number of morpholine rings is 1. The van der Waals surface area contributed by atoms with Gasteiger partial charge in [0.25, 0.3) is 0 Å². The number of benzene rings is 2. The summed E-state index contributed by atoms with van der Waals surface area (Å²) in [6.07, 6.45) is 0. The number of halogens is 2. The quantitative estimate of drug-likeness (QED) is 0.595. The van der Waals surface area contributed by atoms with E-state index in [0.717, 1.165) is 0 Å². The number of hydrogen-bond acceptors (Lipinski definition) is 5. The van der Waals surface area contributed by atoms with Crippen LogP contribution in [-0.2, 0) is 14.8 Å². The molecule has 0 aliphatic carbocycles. The SMILES string of the molecule is O=S(=O)(c1ccc(OCCOc2ccc(F)cc2Br)cc1)N1CCOCC1. The van der Waals surface area contributed by atoms with Gasteiger partial charge in [0.1, 0.15) is 30.5 Å². The number of sulfonamides is 1. The normalized spacial score (nSPS) is 15.5. The Morgan fingerprint density at radius 2 is 1.70 bits per heavy atom. The molecule has 0 amide bonds. The molecule has 27 heavy (non-hydrogen) atoms. The van der Waals surface area contributed by atoms with E-state index in [1.165, 1.54) is 34.6 Å². The van der Waals surface area contributed by atoms with Gasteiger partial charge in [-0.05, 0) is 58.4 Å². The van der Waals surface area contributed by atoms with Crippen LogP contribution >= 0.6 is 15.9 Å². The number of hydrogen-bond donors (Lipinski definition) is 0. The molecule has 146 valence electrons. The van der Waals surface area contributed by atoms with Gasteiger partial charge in [-0.1, -0.05) is 0 Å². The molecule has 1 fully saturated rings. The van der Waals surface area contributed by atoms with Crippen LogP contribution in [0, 0.1) is 5.82 Å². The van der Waals surface area contributed by atoms with Crippen molar-refractivity contribution in [3.63, 3.8) is 0 Å². The van der Waals surface area contributed by atoms with E-state index in [0.29, 0.717) is 42.3 Å². The average molecular weight is 460 g/mol. The third kappa shape index (κ3) is 5.19. The zero-order valence-electron chi connectivity index (χ0n) is 14.4. The summed E-state index contributed by atoms with van der Waals surface area (Å²) in [5.74, 6) is 0.710. The first-order valence-electron chi connectivity index (χ1n) is 8.35. The lowest BCUT2D eigenvalue weighted by atomic mass is 10.3. The van der Waals surface area contributed by atoms with Crippen molar-refractivity contribution in [1.29, 1.82) is 0 Å². The molecule has 6 nitrogen and oxygen atoms in total. The summed E-state index contributed by atoms with van der Waals surface area (Å²) in [4.78, 5) is 0.225. The van der Waals surface area contributed by atoms with E-state index in [9.17, 15) is 12.8 Å². The zero-order chi connectivity index (χ0) is 19.3. The fourth-order valence-electron chi connectivity index (χ4n) is 2.55. The van der Waals surface area contributed by atoms with Crippen LogP contribution in [0.2, 0.25) is 0 Å². The number of nitrogens with zero attached hydrogens (tertiary/aromatic N) is 1. The molecule has 0 spiro atoms. The van der Waals surface area contributed by atoms with E-state index in [1.54, 1.807) is 12.1 Å². The van der Waals surface area contributed by atoms with Crippen molar-refractivity contribution in [2.75, 3.05) is 39.5 Å². The predicted molar refractivity (Wildman–Crippen MR) is 101 cm³/mol. The van der Waals surface area contributed by atoms with Crippen LogP contribution < -0.4 is 9.47 Å². The summed E-state index contributed by atoms with van der Waals surface area (Å²) >= 11 is 3.23. The molecular formula is C18H19BrFNO5S. The van der Waals surface area contributed by atoms with Crippen molar-refractivity contribution in [3.8, 4) is 11.5 Å². The maximum Gasteiger partial charge on any atom is 0.243 e. The van der Waals surface area contributed by atoms with Gasteiger partial charge in [-0.3, -0.25) is 0 Å². The summed E-state index contributed by atoms with van der Waals surface area (Å²) in [6.45, 7) is 2.06. The van der Waals surface area contributed by atoms with Crippen LogP contribution in [0.1, 0.15) is 0 Å². The smallest absolute Gasteiger partial charge is 0.243 e. The standard InChI is InChI=1S/C18H19BrFNO5S/c19-17-13-14(20)1-6-18(17)26-12-11-25-15-2-4-16(5-3-15)27(22,23)21-7-9-24-10-8-21/h1-6,13H,7-12H2. The summed E-state index contributed by atoms with van der Waals surface area (Å²) < 4.78 is 56.3. The van der Waals surface area contributed by atoms with Crippen LogP contribution in [0.25, 0.3) is 0 Å². The molecule has 0 atom stereocenters. The summed E-state index contributed by atoms with van der Waals surface area (Å²) in [7, 11) is -3.51. The van der Waals surface area contributed by atoms with Gasteiger partial charge in [-0.2, -0.15) is 4.31 Å². The molecule has 0 radical (unpaired) electrons. The maximum atomic E-state index is 13.0. The fourth-order valence-corrected chi connectivity index (χ4v) is 4.42. The van der Waals surface area contributed by atoms with Gasteiger partial charge < -0.3 is 14.2 Å². The zero-order valence-corrected chi connectivity index (χ0v) is 16.8. The van der Waals surface area contributed by atoms with Crippen molar-refractivity contribution >= 4 is 26.0 Å². The molecule has 1 aliphatic heterocycles. The first-order chi connectivity index (χ1) is 13.0. The minimum Gasteiger partial charge on any atom is -0.490 e. The van der Waals surface area contributed by atoms with Crippen LogP contribution in [0.5, 0.6) is 11.5 Å². The highest BCUT2D eigenvalue weighted by molar-refractivity contribution is 9.10. The van der Waals surface area contributed by atoms with Gasteiger partial charge in [-0.15, -0.1) is 0 Å². The molecular weight excluding hydrogens is 441 g/mol. The molecule has 1 saturated heterocycles. The topological polar surface area (TPSA) is 65.1 Å². The summed E-state index contributed by atoms with van der Waals surface area (Å²) in [6, 6.07) is 10.4. The Morgan fingerprint density at radius 3 is 2.37 bits per heavy atom. The van der Waals surface area contributed by atoms with Crippen molar-refractivity contribution in [2.24, 2.45) is 0 Å². The lowest BCUT2D eigenvalue weighted by molar-refractivity contribution is 0.0730. The Kier molecular flexibility index (Phi) is 6.69. The van der Waals surface area contributed by atoms with Crippen LogP contribution in [0.4, 0.5) is 4.39 Å². The Bertz CT molecular complexity index is 870. The first-order valence-corrected chi connectivity index (χ1v) is 10.6. The average Bonchev–Trinajstić information content (AvgIpc) is 2.68. The van der Waals surface area contributed by atoms with Crippen molar-refractivity contribution in [1.82, 2.24) is 4.31 Å². The maximum absolute atomic E-state index is 13.0. The highest BCUT2D eigenvalue weighted by atomic mass is 79.9. The predicted octanol–water partition coefficient (Wildman–Crippen LogP) is 3.07. The Labute approximate surface area is 166 Å². The lowest BCUT2D eigenvalue weighted by Gasteiger charge is -2.26. The van der Waals surface area contributed by atoms with Crippen LogP contribution in [0.15, 0.2) is 51.8 Å². The van der Waals surface area contributed by atoms with Gasteiger partial charge in [-0.25, -0.2) is 12.8 Å². The van der Waals surface area contributed by atoms with Crippen LogP contribution in [0.3, 0.4) is 0 Å². The van der Waals surface area contributed by atoms with Gasteiger partial charge in [0.2, 0.25) is 10.0 Å². The Hall–Kier alpha value is -1.68. The molecule has 9 heteroatoms. The third-order valence-corrected chi connectivity index (χ3v) is 6.47. The molecule has 0 aromatic heterocycles. The highest BCUT2D eigenvalue weighted by Crippen LogP contribution is 2.25. The lowest BCUT2D eigenvalue weighted by Crippen LogP contribution is -2.40. The molecule has 0 saturated carbocycles. The van der Waals surface area contributed by atoms with Gasteiger partial charge >= 0.3 is 0 Å². The van der Waals surface area contributed by atoms with E-state index in [-0.39, 0.29) is 23.9 Å². The second kappa shape index (κ2) is 9.01. The number of rotatable bonds is 7. The van der Waals surface area contributed by atoms with E-state index in [1.807, 2.05) is 0 Å². The molecule has 0 unspecified atom stereocenters. The fraction of sp³-hybridized carbons (Fsp3) is 0.333. The van der Waals surface area contributed by atoms with Crippen molar-refractivity contribution < 1.29 is 27.0 Å². The minimum absolute atomic E-state index is 0.225. The summed E-state index contributed by atoms with van der Waals surface area (Å²) in [5, 5.41) is 0. The van der Waals surface area contributed by atoms with E-state index < -0.39 is 10.0 Å². The summed E-state index contributed by atoms with van der Waals surface area (Å²) in [5.41, 5.74) is 0. The molecule has 1 heterocycles.